The van der Waals surface area contributed by atoms with E-state index in [-0.39, 0.29) is 4.90 Å². The molecular formula is C7H8BrNO2S. The summed E-state index contributed by atoms with van der Waals surface area (Å²) in [5.74, 6) is 0. The van der Waals surface area contributed by atoms with E-state index >= 15 is 0 Å². The van der Waals surface area contributed by atoms with Crippen molar-refractivity contribution < 1.29 is 11.2 Å². The molecule has 0 aliphatic rings. The molecule has 0 atom stereocenters. The molecule has 0 aliphatic carbocycles. The molecule has 66 valence electrons. The Hall–Kier alpha value is -0.390. The third-order valence-electron chi connectivity index (χ3n) is 1.29. The molecule has 2 N–H and O–H groups in total. The van der Waals surface area contributed by atoms with Gasteiger partial charge in [-0.3, -0.25) is 0 Å². The van der Waals surface area contributed by atoms with Crippen molar-refractivity contribution in [2.24, 2.45) is 5.14 Å². The Morgan fingerprint density at radius 1 is 1.42 bits per heavy atom. The maximum Gasteiger partial charge on any atom is 0.238 e. The number of alkyl halides is 1. The Balaban J connectivity index is 3.14. The van der Waals surface area contributed by atoms with Crippen molar-refractivity contribution in [3.63, 3.8) is 0 Å². The second-order valence-electron chi connectivity index (χ2n) is 2.16. The Bertz CT molecular complexity index is 424. The number of halogens is 1. The molecule has 0 bridgehead atoms. The van der Waals surface area contributed by atoms with Crippen LogP contribution in [-0.2, 0) is 15.3 Å². The third-order valence-corrected chi connectivity index (χ3v) is 2.68. The van der Waals surface area contributed by atoms with Crippen LogP contribution in [-0.4, -0.2) is 8.42 Å². The molecule has 0 saturated heterocycles. The summed E-state index contributed by atoms with van der Waals surface area (Å²) in [5, 5.41) is 3.22. The van der Waals surface area contributed by atoms with Gasteiger partial charge in [0.05, 0.1) is 4.90 Å². The zero-order chi connectivity index (χ0) is 11.0. The van der Waals surface area contributed by atoms with E-state index < -0.39 is 15.3 Å². The Morgan fingerprint density at radius 2 is 1.92 bits per heavy atom. The lowest BCUT2D eigenvalue weighted by Crippen LogP contribution is -2.11. The molecule has 1 aromatic rings. The van der Waals surface area contributed by atoms with Crippen LogP contribution in [0.5, 0.6) is 0 Å². The maximum atomic E-state index is 10.9. The number of nitrogens with two attached hydrogens (primary N) is 1. The Morgan fingerprint density at radius 3 is 2.25 bits per heavy atom. The van der Waals surface area contributed by atoms with Gasteiger partial charge in [-0.15, -0.1) is 0 Å². The van der Waals surface area contributed by atoms with Crippen LogP contribution in [0.15, 0.2) is 29.2 Å². The highest BCUT2D eigenvalue weighted by Crippen LogP contribution is 2.10. The number of benzene rings is 1. The fraction of sp³-hybridized carbons (Fsp3) is 0.143. The van der Waals surface area contributed by atoms with Gasteiger partial charge in [-0.2, -0.15) is 0 Å². The van der Waals surface area contributed by atoms with Crippen LogP contribution in [0.2, 0.25) is 0 Å². The second kappa shape index (κ2) is 3.55. The number of hydrogen-bond acceptors (Lipinski definition) is 2. The fourth-order valence-corrected chi connectivity index (χ4v) is 1.49. The lowest BCUT2D eigenvalue weighted by atomic mass is 10.2. The van der Waals surface area contributed by atoms with Crippen molar-refractivity contribution in [2.75, 3.05) is 0 Å². The van der Waals surface area contributed by atoms with E-state index in [0.717, 1.165) is 0 Å². The van der Waals surface area contributed by atoms with Crippen LogP contribution in [0.3, 0.4) is 0 Å². The molecule has 1 aromatic carbocycles. The largest absolute Gasteiger partial charge is 0.238 e. The van der Waals surface area contributed by atoms with Crippen LogP contribution >= 0.6 is 15.9 Å². The lowest BCUT2D eigenvalue weighted by Gasteiger charge is -1.98. The van der Waals surface area contributed by atoms with Gasteiger partial charge in [0.1, 0.15) is 0 Å². The van der Waals surface area contributed by atoms with Crippen LogP contribution in [0.1, 0.15) is 8.30 Å². The van der Waals surface area contributed by atoms with Crippen LogP contribution in [0.4, 0.5) is 0 Å². The zero-order valence-electron chi connectivity index (χ0n) is 7.99. The van der Waals surface area contributed by atoms with Gasteiger partial charge in [0.25, 0.3) is 0 Å². The SMILES string of the molecule is [2H]C([2H])(Br)c1ccc(S(N)(=O)=O)cc1. The van der Waals surface area contributed by atoms with E-state index in [2.05, 4.69) is 15.9 Å². The lowest BCUT2D eigenvalue weighted by molar-refractivity contribution is 0.598. The summed E-state index contributed by atoms with van der Waals surface area (Å²) in [5.41, 5.74) is 0.338. The number of sulfonamides is 1. The highest BCUT2D eigenvalue weighted by molar-refractivity contribution is 9.08. The van der Waals surface area contributed by atoms with Crippen molar-refractivity contribution in [1.29, 1.82) is 0 Å². The monoisotopic (exact) mass is 251 g/mol. The van der Waals surface area contributed by atoms with Gasteiger partial charge in [0, 0.05) is 8.02 Å². The summed E-state index contributed by atoms with van der Waals surface area (Å²) in [6.07, 6.45) is 0. The summed E-state index contributed by atoms with van der Waals surface area (Å²) in [4.78, 5) is -0.0296. The Labute approximate surface area is 82.6 Å². The van der Waals surface area contributed by atoms with Gasteiger partial charge in [-0.1, -0.05) is 28.1 Å². The molecule has 0 aromatic heterocycles. The molecule has 3 nitrogen and oxygen atoms in total. The topological polar surface area (TPSA) is 60.2 Å². The van der Waals surface area contributed by atoms with Crippen LogP contribution in [0, 0.1) is 0 Å². The van der Waals surface area contributed by atoms with Gasteiger partial charge in [0.2, 0.25) is 10.0 Å². The summed E-state index contributed by atoms with van der Waals surface area (Å²) in [6, 6.07) is 5.27. The van der Waals surface area contributed by atoms with Crippen LogP contribution in [0.25, 0.3) is 0 Å². The average molecular weight is 252 g/mol. The first-order chi connectivity index (χ1) is 6.21. The standard InChI is InChI=1S/C7H8BrNO2S/c8-5-6-1-3-7(4-2-6)12(9,10)11/h1-4H,5H2,(H2,9,10,11)/i5D2. The summed E-state index contributed by atoms with van der Waals surface area (Å²) in [6.45, 7) is 0. The van der Waals surface area contributed by atoms with Crippen molar-refractivity contribution in [3.8, 4) is 0 Å². The first-order valence-corrected chi connectivity index (χ1v) is 5.37. The van der Waals surface area contributed by atoms with Gasteiger partial charge < -0.3 is 0 Å². The molecule has 0 fully saturated rings. The summed E-state index contributed by atoms with van der Waals surface area (Å²) < 4.78 is 36.3. The highest BCUT2D eigenvalue weighted by atomic mass is 79.9. The molecule has 0 saturated carbocycles. The number of rotatable bonds is 2. The molecule has 0 heterocycles. The first-order valence-electron chi connectivity index (χ1n) is 4.03. The van der Waals surface area contributed by atoms with E-state index in [1.165, 1.54) is 24.3 Å². The minimum Gasteiger partial charge on any atom is -0.225 e. The molecule has 1 rings (SSSR count). The van der Waals surface area contributed by atoms with E-state index in [1.807, 2.05) is 0 Å². The van der Waals surface area contributed by atoms with Gasteiger partial charge in [-0.25, -0.2) is 13.6 Å². The van der Waals surface area contributed by atoms with Gasteiger partial charge >= 0.3 is 0 Å². The number of primary sulfonamides is 1. The molecule has 5 heteroatoms. The van der Waals surface area contributed by atoms with Crippen molar-refractivity contribution in [2.45, 2.75) is 10.2 Å². The third kappa shape index (κ3) is 2.30. The minimum atomic E-state index is -3.70. The van der Waals surface area contributed by atoms with E-state index in [9.17, 15) is 8.42 Å². The maximum absolute atomic E-state index is 10.9. The van der Waals surface area contributed by atoms with Crippen molar-refractivity contribution in [1.82, 2.24) is 0 Å². The van der Waals surface area contributed by atoms with E-state index in [4.69, 9.17) is 7.88 Å². The average Bonchev–Trinajstić information content (AvgIpc) is 2.01. The quantitative estimate of drug-likeness (QED) is 0.804. The molecular weight excluding hydrogens is 242 g/mol. The van der Waals surface area contributed by atoms with Crippen molar-refractivity contribution in [3.05, 3.63) is 29.8 Å². The smallest absolute Gasteiger partial charge is 0.225 e. The molecule has 0 aliphatic heterocycles. The Kier molecular flexibility index (Phi) is 2.09. The van der Waals surface area contributed by atoms with E-state index in [1.54, 1.807) is 0 Å². The van der Waals surface area contributed by atoms with Gasteiger partial charge in [-0.05, 0) is 17.7 Å². The van der Waals surface area contributed by atoms with E-state index in [0.29, 0.717) is 5.56 Å². The molecule has 0 spiro atoms. The van der Waals surface area contributed by atoms with Crippen LogP contribution < -0.4 is 5.14 Å². The number of hydrogen-bond donors (Lipinski definition) is 1. The minimum absolute atomic E-state index is 0.0296. The molecule has 0 radical (unpaired) electrons. The highest BCUT2D eigenvalue weighted by Gasteiger charge is 2.05. The molecule has 12 heavy (non-hydrogen) atoms. The predicted molar refractivity (Wildman–Crippen MR) is 50.4 cm³/mol. The molecule has 0 amide bonds. The fourth-order valence-electron chi connectivity index (χ4n) is 0.708. The second-order valence-corrected chi connectivity index (χ2v) is 4.12. The normalized spacial score (nSPS) is 15.2. The summed E-state index contributed by atoms with van der Waals surface area (Å²) in [7, 11) is -3.70. The zero-order valence-corrected chi connectivity index (χ0v) is 8.39. The summed E-state index contributed by atoms with van der Waals surface area (Å²) >= 11 is 2.81. The van der Waals surface area contributed by atoms with Crippen molar-refractivity contribution >= 4 is 26.0 Å². The predicted octanol–water partition coefficient (Wildman–Crippen LogP) is 1.23. The molecule has 0 unspecified atom stereocenters. The van der Waals surface area contributed by atoms with Gasteiger partial charge in [0.15, 0.2) is 0 Å². The first kappa shape index (κ1) is 7.06.